The smallest absolute Gasteiger partial charge is 0.402 e. The van der Waals surface area contributed by atoms with E-state index in [-0.39, 0.29) is 6.42 Å². The molecule has 0 saturated carbocycles. The molecule has 2 nitrogen and oxygen atoms in total. The predicted octanol–water partition coefficient (Wildman–Crippen LogP) is 1.89. The summed E-state index contributed by atoms with van der Waals surface area (Å²) in [6.45, 7) is 1.69. The van der Waals surface area contributed by atoms with Crippen LogP contribution in [0.4, 0.5) is 13.2 Å². The topological polar surface area (TPSA) is 26.3 Å². The van der Waals surface area contributed by atoms with E-state index >= 15 is 0 Å². The summed E-state index contributed by atoms with van der Waals surface area (Å²) in [6, 6.07) is 0. The third-order valence-electron chi connectivity index (χ3n) is 1.92. The number of cyclic esters (lactones) is 1. The van der Waals surface area contributed by atoms with Gasteiger partial charge < -0.3 is 4.74 Å². The minimum Gasteiger partial charge on any atom is -0.462 e. The molecule has 0 aromatic rings. The summed E-state index contributed by atoms with van der Waals surface area (Å²) >= 11 is 0. The van der Waals surface area contributed by atoms with Crippen molar-refractivity contribution in [2.24, 2.45) is 5.92 Å². The average Bonchev–Trinajstić information content (AvgIpc) is 2.29. The molecule has 70 valence electrons. The molecule has 0 aromatic heterocycles. The van der Waals surface area contributed by atoms with Crippen LogP contribution in [0.2, 0.25) is 0 Å². The Morgan fingerprint density at radius 1 is 1.58 bits per heavy atom. The molecule has 1 rings (SSSR count). The van der Waals surface area contributed by atoms with Crippen molar-refractivity contribution in [3.63, 3.8) is 0 Å². The maximum Gasteiger partial charge on any atom is 0.402 e. The molecule has 0 aromatic carbocycles. The minimum absolute atomic E-state index is 0.223. The number of hydrogen-bond donors (Lipinski definition) is 0. The highest BCUT2D eigenvalue weighted by Gasteiger charge is 2.51. The number of carbonyl (C=O) groups excluding carboxylic acids is 1. The van der Waals surface area contributed by atoms with Gasteiger partial charge >= 0.3 is 12.1 Å². The molecule has 1 saturated heterocycles. The first kappa shape index (κ1) is 9.35. The van der Waals surface area contributed by atoms with Gasteiger partial charge in [-0.15, -0.1) is 0 Å². The number of carbonyl (C=O) groups is 1. The predicted molar refractivity (Wildman–Crippen MR) is 34.3 cm³/mol. The highest BCUT2D eigenvalue weighted by Crippen LogP contribution is 2.36. The van der Waals surface area contributed by atoms with Crippen molar-refractivity contribution in [2.45, 2.75) is 32.0 Å². The minimum atomic E-state index is -4.44. The Morgan fingerprint density at radius 3 is 2.42 bits per heavy atom. The van der Waals surface area contributed by atoms with E-state index < -0.39 is 24.2 Å². The molecule has 0 bridgehead atoms. The van der Waals surface area contributed by atoms with Crippen LogP contribution in [0.25, 0.3) is 0 Å². The molecule has 0 aliphatic carbocycles. The Morgan fingerprint density at radius 2 is 2.17 bits per heavy atom. The lowest BCUT2D eigenvalue weighted by Crippen LogP contribution is -2.26. The zero-order valence-corrected chi connectivity index (χ0v) is 6.52. The van der Waals surface area contributed by atoms with Gasteiger partial charge in [-0.05, 0) is 6.42 Å². The zero-order chi connectivity index (χ0) is 9.35. The van der Waals surface area contributed by atoms with Gasteiger partial charge in [0.2, 0.25) is 0 Å². The Balaban J connectivity index is 2.64. The van der Waals surface area contributed by atoms with Crippen molar-refractivity contribution in [3.05, 3.63) is 0 Å². The van der Waals surface area contributed by atoms with Crippen LogP contribution in [0.3, 0.4) is 0 Å². The number of hydrogen-bond acceptors (Lipinski definition) is 2. The quantitative estimate of drug-likeness (QED) is 0.579. The Kier molecular flexibility index (Phi) is 2.30. The highest BCUT2D eigenvalue weighted by molar-refractivity contribution is 5.75. The maximum absolute atomic E-state index is 12.0. The second kappa shape index (κ2) is 2.95. The van der Waals surface area contributed by atoms with Gasteiger partial charge in [-0.1, -0.05) is 6.92 Å². The molecular formula is C7H9F3O2. The van der Waals surface area contributed by atoms with Gasteiger partial charge in [0.15, 0.2) is 5.92 Å². The van der Waals surface area contributed by atoms with E-state index in [9.17, 15) is 18.0 Å². The van der Waals surface area contributed by atoms with Crippen molar-refractivity contribution in [3.8, 4) is 0 Å². The van der Waals surface area contributed by atoms with Crippen molar-refractivity contribution in [1.29, 1.82) is 0 Å². The first-order valence-corrected chi connectivity index (χ1v) is 3.72. The number of rotatable bonds is 1. The molecule has 1 fully saturated rings. The molecular weight excluding hydrogens is 173 g/mol. The maximum atomic E-state index is 12.0. The average molecular weight is 182 g/mol. The lowest BCUT2D eigenvalue weighted by atomic mass is 10.0. The Hall–Kier alpha value is -0.740. The van der Waals surface area contributed by atoms with Crippen molar-refractivity contribution >= 4 is 5.97 Å². The van der Waals surface area contributed by atoms with E-state index in [0.29, 0.717) is 6.42 Å². The van der Waals surface area contributed by atoms with Crippen LogP contribution in [0.1, 0.15) is 19.8 Å². The van der Waals surface area contributed by atoms with Gasteiger partial charge in [-0.25, -0.2) is 0 Å². The summed E-state index contributed by atoms with van der Waals surface area (Å²) < 4.78 is 40.6. The SMILES string of the molecule is CC[C@H]1C[C@@H](C(F)(F)F)C(=O)O1. The number of alkyl halides is 3. The number of esters is 1. The summed E-state index contributed by atoms with van der Waals surface area (Å²) in [5.41, 5.74) is 0. The van der Waals surface area contributed by atoms with Gasteiger partial charge in [0.1, 0.15) is 6.10 Å². The molecule has 1 aliphatic heterocycles. The Labute approximate surface area is 67.7 Å². The summed E-state index contributed by atoms with van der Waals surface area (Å²) in [6.07, 6.45) is -4.78. The molecule has 0 amide bonds. The molecule has 5 heteroatoms. The summed E-state index contributed by atoms with van der Waals surface area (Å²) in [4.78, 5) is 10.6. The first-order valence-electron chi connectivity index (χ1n) is 3.72. The van der Waals surface area contributed by atoms with Crippen molar-refractivity contribution in [2.75, 3.05) is 0 Å². The molecule has 0 unspecified atom stereocenters. The Bertz CT molecular complexity index is 188. The molecule has 0 N–H and O–H groups in total. The van der Waals surface area contributed by atoms with E-state index in [1.54, 1.807) is 6.92 Å². The lowest BCUT2D eigenvalue weighted by Gasteiger charge is -2.09. The van der Waals surface area contributed by atoms with E-state index in [1.807, 2.05) is 0 Å². The van der Waals surface area contributed by atoms with E-state index in [1.165, 1.54) is 0 Å². The number of halogens is 3. The third-order valence-corrected chi connectivity index (χ3v) is 1.92. The third kappa shape index (κ3) is 1.70. The highest BCUT2D eigenvalue weighted by atomic mass is 19.4. The number of ether oxygens (including phenoxy) is 1. The second-order valence-electron chi connectivity index (χ2n) is 2.80. The fourth-order valence-electron chi connectivity index (χ4n) is 1.17. The van der Waals surface area contributed by atoms with Crippen LogP contribution in [0, 0.1) is 5.92 Å². The van der Waals surface area contributed by atoms with E-state index in [0.717, 1.165) is 0 Å². The standard InChI is InChI=1S/C7H9F3O2/c1-2-4-3-5(6(11)12-4)7(8,9)10/h4-5H,2-3H2,1H3/t4-,5+/m0/s1. The largest absolute Gasteiger partial charge is 0.462 e. The molecule has 0 radical (unpaired) electrons. The van der Waals surface area contributed by atoms with Gasteiger partial charge in [-0.2, -0.15) is 13.2 Å². The van der Waals surface area contributed by atoms with Crippen LogP contribution in [0.15, 0.2) is 0 Å². The first-order chi connectivity index (χ1) is 5.45. The molecule has 1 heterocycles. The van der Waals surface area contributed by atoms with E-state index in [2.05, 4.69) is 4.74 Å². The molecule has 12 heavy (non-hydrogen) atoms. The van der Waals surface area contributed by atoms with Crippen LogP contribution in [-0.4, -0.2) is 18.2 Å². The summed E-state index contributed by atoms with van der Waals surface area (Å²) in [5.74, 6) is -3.03. The monoisotopic (exact) mass is 182 g/mol. The second-order valence-corrected chi connectivity index (χ2v) is 2.80. The van der Waals surface area contributed by atoms with Gasteiger partial charge in [0, 0.05) is 6.42 Å². The van der Waals surface area contributed by atoms with Gasteiger partial charge in [0.05, 0.1) is 0 Å². The van der Waals surface area contributed by atoms with Crippen molar-refractivity contribution in [1.82, 2.24) is 0 Å². The summed E-state index contributed by atoms with van der Waals surface area (Å²) in [5, 5.41) is 0. The fourth-order valence-corrected chi connectivity index (χ4v) is 1.17. The van der Waals surface area contributed by atoms with E-state index in [4.69, 9.17) is 0 Å². The summed E-state index contributed by atoms with van der Waals surface area (Å²) in [7, 11) is 0. The van der Waals surface area contributed by atoms with Crippen LogP contribution < -0.4 is 0 Å². The fraction of sp³-hybridized carbons (Fsp3) is 0.857. The molecule has 2 atom stereocenters. The van der Waals surface area contributed by atoms with Crippen LogP contribution in [0.5, 0.6) is 0 Å². The molecule has 0 spiro atoms. The van der Waals surface area contributed by atoms with Crippen LogP contribution >= 0.6 is 0 Å². The lowest BCUT2D eigenvalue weighted by molar-refractivity contribution is -0.185. The zero-order valence-electron chi connectivity index (χ0n) is 6.52. The normalized spacial score (nSPS) is 30.5. The molecule has 1 aliphatic rings. The van der Waals surface area contributed by atoms with Crippen LogP contribution in [-0.2, 0) is 9.53 Å². The van der Waals surface area contributed by atoms with Crippen molar-refractivity contribution < 1.29 is 22.7 Å². The van der Waals surface area contributed by atoms with Gasteiger partial charge in [0.25, 0.3) is 0 Å². The van der Waals surface area contributed by atoms with Gasteiger partial charge in [-0.3, -0.25) is 4.79 Å².